The van der Waals surface area contributed by atoms with Crippen LogP contribution >= 0.6 is 11.3 Å². The number of anilines is 1. The summed E-state index contributed by atoms with van der Waals surface area (Å²) in [5.74, 6) is 0. The average molecular weight is 270 g/mol. The van der Waals surface area contributed by atoms with Crippen LogP contribution in [-0.4, -0.2) is 45.9 Å². The normalized spacial score (nSPS) is 21.1. The largest absolute Gasteiger partial charge is 0.395 e. The van der Waals surface area contributed by atoms with Crippen molar-refractivity contribution in [1.82, 2.24) is 15.1 Å². The fraction of sp³-hybridized carbons (Fsp3) is 0.833. The number of hydrogen-bond donors (Lipinski definition) is 2. The molecule has 1 aliphatic heterocycles. The van der Waals surface area contributed by atoms with Crippen LogP contribution in [0.5, 0.6) is 0 Å². The van der Waals surface area contributed by atoms with Crippen LogP contribution in [0.3, 0.4) is 0 Å². The summed E-state index contributed by atoms with van der Waals surface area (Å²) < 4.78 is 0. The van der Waals surface area contributed by atoms with Gasteiger partial charge in [0, 0.05) is 12.6 Å². The average Bonchev–Trinajstić information content (AvgIpc) is 2.84. The van der Waals surface area contributed by atoms with E-state index in [9.17, 15) is 5.11 Å². The van der Waals surface area contributed by atoms with Crippen LogP contribution in [0.4, 0.5) is 5.13 Å². The van der Waals surface area contributed by atoms with Crippen molar-refractivity contribution in [2.24, 2.45) is 0 Å². The number of aromatic nitrogens is 2. The quantitative estimate of drug-likeness (QED) is 0.824. The Bertz CT molecular complexity index is 358. The molecule has 0 saturated carbocycles. The Morgan fingerprint density at radius 2 is 2.33 bits per heavy atom. The second kappa shape index (κ2) is 7.01. The maximum absolute atomic E-state index is 9.37. The minimum absolute atomic E-state index is 0.250. The molecule has 0 aliphatic carbocycles. The molecule has 0 radical (unpaired) electrons. The lowest BCUT2D eigenvalue weighted by Crippen LogP contribution is -2.41. The van der Waals surface area contributed by atoms with Gasteiger partial charge in [-0.25, -0.2) is 0 Å². The number of aliphatic hydroxyl groups excluding tert-OH is 1. The van der Waals surface area contributed by atoms with Crippen molar-refractivity contribution in [3.63, 3.8) is 0 Å². The highest BCUT2D eigenvalue weighted by atomic mass is 32.1. The molecule has 1 aromatic heterocycles. The van der Waals surface area contributed by atoms with Gasteiger partial charge in [-0.05, 0) is 25.8 Å². The van der Waals surface area contributed by atoms with Crippen LogP contribution in [0.15, 0.2) is 0 Å². The summed E-state index contributed by atoms with van der Waals surface area (Å²) in [7, 11) is 0. The van der Waals surface area contributed by atoms with Crippen molar-refractivity contribution >= 4 is 16.5 Å². The van der Waals surface area contributed by atoms with Gasteiger partial charge in [-0.3, -0.25) is 4.90 Å². The van der Waals surface area contributed by atoms with E-state index in [0.717, 1.165) is 42.6 Å². The molecule has 6 heteroatoms. The van der Waals surface area contributed by atoms with E-state index in [1.165, 1.54) is 12.8 Å². The van der Waals surface area contributed by atoms with Gasteiger partial charge in [0.25, 0.3) is 0 Å². The van der Waals surface area contributed by atoms with E-state index in [1.807, 2.05) is 0 Å². The van der Waals surface area contributed by atoms with Gasteiger partial charge in [0.15, 0.2) is 0 Å². The Hall–Kier alpha value is -0.720. The van der Waals surface area contributed by atoms with Gasteiger partial charge in [0.05, 0.1) is 13.2 Å². The summed E-state index contributed by atoms with van der Waals surface area (Å²) >= 11 is 1.62. The van der Waals surface area contributed by atoms with Gasteiger partial charge in [0.1, 0.15) is 5.01 Å². The molecule has 2 rings (SSSR count). The lowest BCUT2D eigenvalue weighted by Gasteiger charge is -2.33. The molecule has 1 unspecified atom stereocenters. The monoisotopic (exact) mass is 270 g/mol. The minimum atomic E-state index is 0.250. The first-order valence-corrected chi connectivity index (χ1v) is 7.56. The second-order valence-electron chi connectivity index (χ2n) is 4.73. The number of hydrogen-bond acceptors (Lipinski definition) is 6. The Morgan fingerprint density at radius 3 is 3.11 bits per heavy atom. The summed E-state index contributed by atoms with van der Waals surface area (Å²) in [5, 5.41) is 22.9. The lowest BCUT2D eigenvalue weighted by molar-refractivity contribution is 0.0839. The van der Waals surface area contributed by atoms with Crippen LogP contribution in [0.1, 0.15) is 37.6 Å². The molecule has 5 nitrogen and oxygen atoms in total. The summed E-state index contributed by atoms with van der Waals surface area (Å²) in [5.41, 5.74) is 0. The Labute approximate surface area is 112 Å². The van der Waals surface area contributed by atoms with Gasteiger partial charge in [-0.1, -0.05) is 24.7 Å². The fourth-order valence-corrected chi connectivity index (χ4v) is 3.06. The lowest BCUT2D eigenvalue weighted by atomic mass is 10.0. The Kier molecular flexibility index (Phi) is 5.34. The van der Waals surface area contributed by atoms with Crippen molar-refractivity contribution in [1.29, 1.82) is 0 Å². The molecule has 0 amide bonds. The molecule has 102 valence electrons. The molecule has 1 atom stereocenters. The predicted molar refractivity (Wildman–Crippen MR) is 73.8 cm³/mol. The zero-order valence-corrected chi connectivity index (χ0v) is 11.7. The third-order valence-corrected chi connectivity index (χ3v) is 4.16. The number of nitrogens with one attached hydrogen (secondary N) is 1. The second-order valence-corrected chi connectivity index (χ2v) is 5.79. The molecule has 18 heavy (non-hydrogen) atoms. The summed E-state index contributed by atoms with van der Waals surface area (Å²) in [4.78, 5) is 2.33. The molecule has 1 aromatic rings. The van der Waals surface area contributed by atoms with E-state index < -0.39 is 0 Å². The molecule has 0 spiro atoms. The smallest absolute Gasteiger partial charge is 0.205 e. The van der Waals surface area contributed by atoms with Gasteiger partial charge >= 0.3 is 0 Å². The molecule has 0 bridgehead atoms. The summed E-state index contributed by atoms with van der Waals surface area (Å²) in [6, 6.07) is 0.301. The molecule has 2 N–H and O–H groups in total. The van der Waals surface area contributed by atoms with E-state index in [4.69, 9.17) is 0 Å². The molecule has 1 fully saturated rings. The maximum Gasteiger partial charge on any atom is 0.205 e. The third kappa shape index (κ3) is 3.63. The number of rotatable bonds is 6. The molecule has 2 heterocycles. The van der Waals surface area contributed by atoms with E-state index in [0.29, 0.717) is 6.04 Å². The van der Waals surface area contributed by atoms with E-state index >= 15 is 0 Å². The summed E-state index contributed by atoms with van der Waals surface area (Å²) in [6.45, 7) is 5.20. The zero-order chi connectivity index (χ0) is 12.8. The first kappa shape index (κ1) is 13.7. The number of piperidine rings is 1. The van der Waals surface area contributed by atoms with Crippen LogP contribution < -0.4 is 5.32 Å². The standard InChI is InChI=1S/C12H22N4OS/c1-2-6-13-12-15-14-11(18-12)8-16-7-4-3-5-10(16)9-17/h10,17H,2-9H2,1H3,(H,13,15). The Balaban J connectivity index is 1.89. The van der Waals surface area contributed by atoms with Crippen molar-refractivity contribution in [2.45, 2.75) is 45.2 Å². The van der Waals surface area contributed by atoms with Crippen molar-refractivity contribution in [2.75, 3.05) is 25.0 Å². The highest BCUT2D eigenvalue weighted by Crippen LogP contribution is 2.22. The molecular weight excluding hydrogens is 248 g/mol. The molecular formula is C12H22N4OS. The highest BCUT2D eigenvalue weighted by molar-refractivity contribution is 7.15. The van der Waals surface area contributed by atoms with E-state index in [-0.39, 0.29) is 6.61 Å². The molecule has 1 saturated heterocycles. The molecule has 0 aromatic carbocycles. The highest BCUT2D eigenvalue weighted by Gasteiger charge is 2.22. The first-order chi connectivity index (χ1) is 8.83. The van der Waals surface area contributed by atoms with Crippen molar-refractivity contribution in [3.8, 4) is 0 Å². The summed E-state index contributed by atoms with van der Waals surface area (Å²) in [6.07, 6.45) is 4.63. The van der Waals surface area contributed by atoms with Crippen molar-refractivity contribution in [3.05, 3.63) is 5.01 Å². The predicted octanol–water partition coefficient (Wildman–Crippen LogP) is 1.71. The number of nitrogens with zero attached hydrogens (tertiary/aromatic N) is 3. The fourth-order valence-electron chi connectivity index (χ4n) is 2.27. The van der Waals surface area contributed by atoms with Gasteiger partial charge < -0.3 is 10.4 Å². The minimum Gasteiger partial charge on any atom is -0.395 e. The van der Waals surface area contributed by atoms with Gasteiger partial charge in [-0.2, -0.15) is 0 Å². The zero-order valence-electron chi connectivity index (χ0n) is 10.9. The topological polar surface area (TPSA) is 61.3 Å². The third-order valence-electron chi connectivity index (χ3n) is 3.29. The molecule has 1 aliphatic rings. The maximum atomic E-state index is 9.37. The number of aliphatic hydroxyl groups is 1. The first-order valence-electron chi connectivity index (χ1n) is 6.74. The van der Waals surface area contributed by atoms with Gasteiger partial charge in [0.2, 0.25) is 5.13 Å². The van der Waals surface area contributed by atoms with Crippen LogP contribution in [0, 0.1) is 0 Å². The Morgan fingerprint density at radius 1 is 1.44 bits per heavy atom. The van der Waals surface area contributed by atoms with E-state index in [1.54, 1.807) is 11.3 Å². The van der Waals surface area contributed by atoms with Gasteiger partial charge in [-0.15, -0.1) is 10.2 Å². The van der Waals surface area contributed by atoms with Crippen LogP contribution in [0.2, 0.25) is 0 Å². The number of likely N-dealkylation sites (tertiary alicyclic amines) is 1. The SMILES string of the molecule is CCCNc1nnc(CN2CCCCC2CO)s1. The van der Waals surface area contributed by atoms with Crippen molar-refractivity contribution < 1.29 is 5.11 Å². The van der Waals surface area contributed by atoms with E-state index in [2.05, 4.69) is 27.3 Å². The van der Waals surface area contributed by atoms with Crippen LogP contribution in [0.25, 0.3) is 0 Å². The van der Waals surface area contributed by atoms with Crippen LogP contribution in [-0.2, 0) is 6.54 Å².